The van der Waals surface area contributed by atoms with Crippen molar-refractivity contribution in [2.45, 2.75) is 13.0 Å². The molecular formula is C30H30N6O. The maximum Gasteiger partial charge on any atom is 0.253 e. The third kappa shape index (κ3) is 4.32. The van der Waals surface area contributed by atoms with Crippen LogP contribution in [-0.4, -0.2) is 62.6 Å². The van der Waals surface area contributed by atoms with Crippen LogP contribution in [0.25, 0.3) is 38.6 Å². The van der Waals surface area contributed by atoms with Crippen molar-refractivity contribution in [1.82, 2.24) is 29.5 Å². The van der Waals surface area contributed by atoms with Crippen LogP contribution in [0.5, 0.6) is 0 Å². The summed E-state index contributed by atoms with van der Waals surface area (Å²) in [6.07, 6.45) is 7.07. The standard InChI is InChI=1S/C30H30N6O/c1-34(2)30(37)22-6-4-20(5-7-22)21-11-14-36(15-12-21)19-25-17-27-26(10-13-31-29(27)35(25)3)23-8-9-28-24(16-23)18-32-33-28/h4-11,13,16-18H,12,14-15,19H2,1-3H3,(H,32,33). The Hall–Kier alpha value is -4.23. The van der Waals surface area contributed by atoms with Gasteiger partial charge in [-0.05, 0) is 65.1 Å². The molecule has 0 atom stereocenters. The molecule has 1 aliphatic rings. The fraction of sp³-hybridized carbons (Fsp3) is 0.233. The number of aryl methyl sites for hydroxylation is 1. The average Bonchev–Trinajstić information content (AvgIpc) is 3.52. The highest BCUT2D eigenvalue weighted by atomic mass is 16.2. The highest BCUT2D eigenvalue weighted by Gasteiger charge is 2.18. The van der Waals surface area contributed by atoms with E-state index in [0.29, 0.717) is 0 Å². The van der Waals surface area contributed by atoms with E-state index in [9.17, 15) is 4.79 Å². The summed E-state index contributed by atoms with van der Waals surface area (Å²) in [6.45, 7) is 2.75. The summed E-state index contributed by atoms with van der Waals surface area (Å²) >= 11 is 0. The van der Waals surface area contributed by atoms with Crippen LogP contribution < -0.4 is 0 Å². The van der Waals surface area contributed by atoms with Crippen LogP contribution in [-0.2, 0) is 13.6 Å². The second-order valence-electron chi connectivity index (χ2n) is 9.95. The molecule has 0 saturated heterocycles. The number of amides is 1. The van der Waals surface area contributed by atoms with Gasteiger partial charge in [0.1, 0.15) is 5.65 Å². The quantitative estimate of drug-likeness (QED) is 0.372. The van der Waals surface area contributed by atoms with Crippen LogP contribution >= 0.6 is 0 Å². The number of fused-ring (bicyclic) bond motifs is 2. The number of aromatic nitrogens is 4. The molecule has 0 bridgehead atoms. The number of carbonyl (C=O) groups is 1. The zero-order valence-electron chi connectivity index (χ0n) is 21.4. The number of pyridine rings is 1. The van der Waals surface area contributed by atoms with Crippen LogP contribution in [0.1, 0.15) is 28.0 Å². The Bertz CT molecular complexity index is 1640. The lowest BCUT2D eigenvalue weighted by molar-refractivity contribution is 0.0827. The monoisotopic (exact) mass is 490 g/mol. The zero-order valence-corrected chi connectivity index (χ0v) is 21.4. The number of aromatic amines is 1. The van der Waals surface area contributed by atoms with Gasteiger partial charge in [0, 0.05) is 69.0 Å². The zero-order chi connectivity index (χ0) is 25.5. The Kier molecular flexibility index (Phi) is 5.85. The summed E-state index contributed by atoms with van der Waals surface area (Å²) < 4.78 is 2.22. The molecule has 0 fully saturated rings. The molecule has 186 valence electrons. The van der Waals surface area contributed by atoms with Gasteiger partial charge < -0.3 is 9.47 Å². The van der Waals surface area contributed by atoms with Gasteiger partial charge in [0.15, 0.2) is 0 Å². The Morgan fingerprint density at radius 1 is 1.05 bits per heavy atom. The predicted molar refractivity (Wildman–Crippen MR) is 148 cm³/mol. The van der Waals surface area contributed by atoms with Gasteiger partial charge in [-0.25, -0.2) is 4.98 Å². The lowest BCUT2D eigenvalue weighted by atomic mass is 9.98. The first-order valence-electron chi connectivity index (χ1n) is 12.6. The molecule has 3 aromatic heterocycles. The van der Waals surface area contributed by atoms with Gasteiger partial charge >= 0.3 is 0 Å². The van der Waals surface area contributed by atoms with E-state index in [4.69, 9.17) is 4.98 Å². The molecule has 2 aromatic carbocycles. The molecule has 1 amide bonds. The van der Waals surface area contributed by atoms with E-state index in [0.717, 1.165) is 48.2 Å². The minimum atomic E-state index is 0.0324. The van der Waals surface area contributed by atoms with Crippen LogP contribution in [0, 0.1) is 0 Å². The normalized spacial score (nSPS) is 14.3. The molecule has 0 saturated carbocycles. The molecule has 0 aliphatic carbocycles. The summed E-state index contributed by atoms with van der Waals surface area (Å²) in [7, 11) is 5.66. The maximum absolute atomic E-state index is 12.2. The van der Waals surface area contributed by atoms with Crippen molar-refractivity contribution in [2.24, 2.45) is 7.05 Å². The summed E-state index contributed by atoms with van der Waals surface area (Å²) in [5.41, 5.74) is 8.91. The summed E-state index contributed by atoms with van der Waals surface area (Å²) in [6, 6.07) is 18.8. The molecule has 6 rings (SSSR count). The predicted octanol–water partition coefficient (Wildman–Crippen LogP) is 5.11. The average molecular weight is 491 g/mol. The molecule has 7 heteroatoms. The van der Waals surface area contributed by atoms with Crippen LogP contribution in [0.15, 0.2) is 73.1 Å². The molecule has 37 heavy (non-hydrogen) atoms. The van der Waals surface area contributed by atoms with Gasteiger partial charge in [0.05, 0.1) is 11.7 Å². The second-order valence-corrected chi connectivity index (χ2v) is 9.95. The fourth-order valence-electron chi connectivity index (χ4n) is 5.22. The first-order valence-corrected chi connectivity index (χ1v) is 12.6. The summed E-state index contributed by atoms with van der Waals surface area (Å²) in [4.78, 5) is 21.0. The number of nitrogens with one attached hydrogen (secondary N) is 1. The van der Waals surface area contributed by atoms with Crippen molar-refractivity contribution < 1.29 is 4.79 Å². The van der Waals surface area contributed by atoms with Crippen molar-refractivity contribution in [3.05, 3.63) is 89.9 Å². The van der Waals surface area contributed by atoms with E-state index in [1.165, 1.54) is 33.3 Å². The smallest absolute Gasteiger partial charge is 0.253 e. The van der Waals surface area contributed by atoms with Crippen molar-refractivity contribution in [1.29, 1.82) is 0 Å². The summed E-state index contributed by atoms with van der Waals surface area (Å²) in [5, 5.41) is 9.46. The lowest BCUT2D eigenvalue weighted by Crippen LogP contribution is -2.28. The lowest BCUT2D eigenvalue weighted by Gasteiger charge is -2.26. The highest BCUT2D eigenvalue weighted by molar-refractivity contribution is 5.96. The first-order chi connectivity index (χ1) is 18.0. The number of carbonyl (C=O) groups excluding carboxylic acids is 1. The maximum atomic E-state index is 12.2. The Morgan fingerprint density at radius 3 is 2.62 bits per heavy atom. The minimum Gasteiger partial charge on any atom is -0.345 e. The van der Waals surface area contributed by atoms with Crippen LogP contribution in [0.3, 0.4) is 0 Å². The summed E-state index contributed by atoms with van der Waals surface area (Å²) in [5.74, 6) is 0.0324. The van der Waals surface area contributed by atoms with E-state index >= 15 is 0 Å². The van der Waals surface area contributed by atoms with E-state index in [2.05, 4.69) is 75.3 Å². The molecule has 7 nitrogen and oxygen atoms in total. The minimum absolute atomic E-state index is 0.0324. The number of hydrogen-bond donors (Lipinski definition) is 1. The third-order valence-electron chi connectivity index (χ3n) is 7.37. The first kappa shape index (κ1) is 23.2. The van der Waals surface area contributed by atoms with Crippen molar-refractivity contribution >= 4 is 33.4 Å². The molecule has 1 aliphatic heterocycles. The van der Waals surface area contributed by atoms with E-state index < -0.39 is 0 Å². The van der Waals surface area contributed by atoms with Crippen LogP contribution in [0.4, 0.5) is 0 Å². The molecule has 4 heterocycles. The topological polar surface area (TPSA) is 70.1 Å². The van der Waals surface area contributed by atoms with Gasteiger partial charge in [-0.1, -0.05) is 24.3 Å². The van der Waals surface area contributed by atoms with Gasteiger partial charge in [-0.3, -0.25) is 14.8 Å². The molecule has 0 unspecified atom stereocenters. The number of hydrogen-bond acceptors (Lipinski definition) is 4. The fourth-order valence-corrected chi connectivity index (χ4v) is 5.22. The van der Waals surface area contributed by atoms with E-state index in [1.807, 2.05) is 24.5 Å². The number of benzene rings is 2. The number of rotatable bonds is 5. The van der Waals surface area contributed by atoms with Gasteiger partial charge in [0.25, 0.3) is 5.91 Å². The number of H-pyrrole nitrogens is 1. The van der Waals surface area contributed by atoms with Crippen LogP contribution in [0.2, 0.25) is 0 Å². The Balaban J connectivity index is 1.21. The van der Waals surface area contributed by atoms with Crippen molar-refractivity contribution in [3.63, 3.8) is 0 Å². The van der Waals surface area contributed by atoms with Crippen molar-refractivity contribution in [2.75, 3.05) is 27.2 Å². The number of nitrogens with zero attached hydrogens (tertiary/aromatic N) is 5. The molecule has 1 N–H and O–H groups in total. The van der Waals surface area contributed by atoms with Gasteiger partial charge in [-0.2, -0.15) is 5.10 Å². The van der Waals surface area contributed by atoms with Gasteiger partial charge in [0.2, 0.25) is 0 Å². The second kappa shape index (κ2) is 9.33. The van der Waals surface area contributed by atoms with Crippen molar-refractivity contribution in [3.8, 4) is 11.1 Å². The van der Waals surface area contributed by atoms with Gasteiger partial charge in [-0.15, -0.1) is 0 Å². The molecule has 0 spiro atoms. The highest BCUT2D eigenvalue weighted by Crippen LogP contribution is 2.32. The Morgan fingerprint density at radius 2 is 1.86 bits per heavy atom. The molecule has 5 aromatic rings. The SMILES string of the molecule is CN(C)C(=O)c1ccc(C2=CCN(Cc3cc4c(-c5ccc6[nH]ncc6c5)ccnc4n3C)CC2)cc1. The Labute approximate surface area is 216 Å². The molecular weight excluding hydrogens is 460 g/mol. The van der Waals surface area contributed by atoms with E-state index in [1.54, 1.807) is 19.0 Å². The van der Waals surface area contributed by atoms with E-state index in [-0.39, 0.29) is 5.91 Å². The molecule has 0 radical (unpaired) electrons. The third-order valence-corrected chi connectivity index (χ3v) is 7.37. The largest absolute Gasteiger partial charge is 0.345 e.